The molecule has 2 N–H and O–H groups in total. The molecule has 0 radical (unpaired) electrons. The lowest BCUT2D eigenvalue weighted by atomic mass is 9.87. The van der Waals surface area contributed by atoms with Crippen LogP contribution in [0.4, 0.5) is 5.82 Å². The van der Waals surface area contributed by atoms with E-state index in [1.54, 1.807) is 24.1 Å². The summed E-state index contributed by atoms with van der Waals surface area (Å²) in [6, 6.07) is 6.05. The number of nitrogens with zero attached hydrogens (tertiary/aromatic N) is 4. The molecule has 3 aromatic rings. The Morgan fingerprint density at radius 1 is 1.19 bits per heavy atom. The fourth-order valence-corrected chi connectivity index (χ4v) is 5.04. The first kappa shape index (κ1) is 21.3. The Kier molecular flexibility index (Phi) is 5.86. The normalized spacial score (nSPS) is 22.5. The van der Waals surface area contributed by atoms with Crippen LogP contribution in [-0.2, 0) is 11.8 Å². The van der Waals surface area contributed by atoms with Gasteiger partial charge in [0, 0.05) is 29.9 Å². The Morgan fingerprint density at radius 3 is 2.69 bits per heavy atom. The molecule has 0 saturated carbocycles. The van der Waals surface area contributed by atoms with Crippen LogP contribution in [-0.4, -0.2) is 69.1 Å². The van der Waals surface area contributed by atoms with Gasteiger partial charge in [-0.2, -0.15) is 5.10 Å². The minimum absolute atomic E-state index is 0.0973. The summed E-state index contributed by atoms with van der Waals surface area (Å²) in [5, 5.41) is 19.7. The van der Waals surface area contributed by atoms with E-state index < -0.39 is 6.10 Å². The summed E-state index contributed by atoms with van der Waals surface area (Å²) in [6.07, 6.45) is 6.47. The third-order valence-corrected chi connectivity index (χ3v) is 6.83. The number of hydrogen-bond donors (Lipinski definition) is 2. The highest BCUT2D eigenvalue weighted by Gasteiger charge is 2.34. The summed E-state index contributed by atoms with van der Waals surface area (Å²) in [4.78, 5) is 19.1. The fraction of sp³-hybridized carbons (Fsp3) is 0.435. The molecule has 0 bridgehead atoms. The number of amides is 1. The average Bonchev–Trinajstić information content (AvgIpc) is 3.42. The molecular weight excluding hydrogens is 430 g/mol. The molecule has 4 heterocycles. The van der Waals surface area contributed by atoms with Crippen LogP contribution in [0, 0.1) is 0 Å². The van der Waals surface area contributed by atoms with Gasteiger partial charge in [0.1, 0.15) is 5.82 Å². The predicted molar refractivity (Wildman–Crippen MR) is 122 cm³/mol. The van der Waals surface area contributed by atoms with Crippen molar-refractivity contribution in [2.75, 3.05) is 31.6 Å². The van der Waals surface area contributed by atoms with E-state index >= 15 is 0 Å². The van der Waals surface area contributed by atoms with E-state index in [9.17, 15) is 9.90 Å². The average molecular weight is 456 g/mol. The zero-order chi connectivity index (χ0) is 22.2. The Labute approximate surface area is 191 Å². The van der Waals surface area contributed by atoms with Crippen molar-refractivity contribution in [1.82, 2.24) is 19.7 Å². The molecule has 1 amide bonds. The van der Waals surface area contributed by atoms with Gasteiger partial charge in [0.15, 0.2) is 0 Å². The van der Waals surface area contributed by atoms with Crippen LogP contribution >= 0.6 is 11.6 Å². The summed E-state index contributed by atoms with van der Waals surface area (Å²) in [5.41, 5.74) is 1.61. The van der Waals surface area contributed by atoms with Gasteiger partial charge in [0.05, 0.1) is 37.1 Å². The van der Waals surface area contributed by atoms with Gasteiger partial charge in [-0.3, -0.25) is 14.4 Å². The summed E-state index contributed by atoms with van der Waals surface area (Å²) < 4.78 is 7.00. The molecule has 2 unspecified atom stereocenters. The van der Waals surface area contributed by atoms with E-state index in [0.29, 0.717) is 30.5 Å². The molecule has 32 heavy (non-hydrogen) atoms. The molecule has 5 rings (SSSR count). The number of hydrogen-bond acceptors (Lipinski definition) is 6. The number of nitrogens with one attached hydrogen (secondary N) is 1. The first-order valence-corrected chi connectivity index (χ1v) is 11.2. The van der Waals surface area contributed by atoms with E-state index in [0.717, 1.165) is 47.3 Å². The van der Waals surface area contributed by atoms with Crippen molar-refractivity contribution in [3.8, 4) is 0 Å². The zero-order valence-corrected chi connectivity index (χ0v) is 18.6. The highest BCUT2D eigenvalue weighted by atomic mass is 35.5. The first-order chi connectivity index (χ1) is 15.5. The number of aliphatic hydroxyl groups excluding tert-OH is 1. The topological polar surface area (TPSA) is 92.5 Å². The number of pyridine rings is 1. The Bertz CT molecular complexity index is 1140. The van der Waals surface area contributed by atoms with Crippen LogP contribution < -0.4 is 5.32 Å². The quantitative estimate of drug-likeness (QED) is 0.628. The maximum atomic E-state index is 12.4. The lowest BCUT2D eigenvalue weighted by Gasteiger charge is -2.36. The third kappa shape index (κ3) is 4.23. The first-order valence-electron chi connectivity index (χ1n) is 10.9. The summed E-state index contributed by atoms with van der Waals surface area (Å²) in [6.45, 7) is 2.84. The number of carbonyl (C=O) groups excluding carboxylic acids is 1. The van der Waals surface area contributed by atoms with Gasteiger partial charge in [0.2, 0.25) is 0 Å². The number of anilines is 1. The standard InChI is InChI=1S/C23H26ClN5O3/c1-28-11-17(10-26-28)23(31)27-22-8-15-6-18(19(24)7-16(15)9-25-22)14-2-4-29(5-3-14)20-12-32-13-21(20)30/h6-11,14,20-21,30H,2-5,12-13H2,1H3,(H,25,27,31). The molecular formula is C23H26ClN5O3. The molecule has 9 heteroatoms. The number of likely N-dealkylation sites (tertiary alicyclic amines) is 1. The molecule has 0 spiro atoms. The number of piperidine rings is 1. The SMILES string of the molecule is Cn1cc(C(=O)Nc2cc3cc(C4CCN(C5COCC5O)CC4)c(Cl)cc3cn2)cn1. The number of ether oxygens (including phenoxy) is 1. The minimum atomic E-state index is -0.399. The molecule has 2 aliphatic heterocycles. The number of aryl methyl sites for hydroxylation is 1. The highest BCUT2D eigenvalue weighted by Crippen LogP contribution is 2.36. The molecule has 168 valence electrons. The largest absolute Gasteiger partial charge is 0.389 e. The van der Waals surface area contributed by atoms with Gasteiger partial charge in [-0.25, -0.2) is 4.98 Å². The Morgan fingerprint density at radius 2 is 2.00 bits per heavy atom. The molecule has 2 fully saturated rings. The highest BCUT2D eigenvalue weighted by molar-refractivity contribution is 6.32. The predicted octanol–water partition coefficient (Wildman–Crippen LogP) is 2.81. The van der Waals surface area contributed by atoms with Crippen LogP contribution in [0.5, 0.6) is 0 Å². The third-order valence-electron chi connectivity index (χ3n) is 6.51. The lowest BCUT2D eigenvalue weighted by Crippen LogP contribution is -2.46. The number of benzene rings is 1. The second kappa shape index (κ2) is 8.78. The summed E-state index contributed by atoms with van der Waals surface area (Å²) in [5.74, 6) is 0.596. The number of carbonyl (C=O) groups is 1. The van der Waals surface area contributed by atoms with Crippen molar-refractivity contribution in [3.05, 3.63) is 52.9 Å². The van der Waals surface area contributed by atoms with Gasteiger partial charge in [-0.15, -0.1) is 0 Å². The van der Waals surface area contributed by atoms with Crippen molar-refractivity contribution in [1.29, 1.82) is 0 Å². The maximum Gasteiger partial charge on any atom is 0.260 e. The van der Waals surface area contributed by atoms with Gasteiger partial charge in [-0.1, -0.05) is 11.6 Å². The zero-order valence-electron chi connectivity index (χ0n) is 17.9. The van der Waals surface area contributed by atoms with Gasteiger partial charge in [0.25, 0.3) is 5.91 Å². The van der Waals surface area contributed by atoms with E-state index in [1.165, 1.54) is 6.20 Å². The number of halogens is 1. The monoisotopic (exact) mass is 455 g/mol. The lowest BCUT2D eigenvalue weighted by molar-refractivity contribution is 0.0663. The number of aliphatic hydroxyl groups is 1. The summed E-state index contributed by atoms with van der Waals surface area (Å²) in [7, 11) is 1.77. The molecule has 2 atom stereocenters. The molecule has 0 aliphatic carbocycles. The van der Waals surface area contributed by atoms with Crippen molar-refractivity contribution < 1.29 is 14.6 Å². The maximum absolute atomic E-state index is 12.4. The van der Waals surface area contributed by atoms with Crippen molar-refractivity contribution in [3.63, 3.8) is 0 Å². The van der Waals surface area contributed by atoms with Crippen LogP contribution in [0.1, 0.15) is 34.7 Å². The molecule has 2 saturated heterocycles. The van der Waals surface area contributed by atoms with Gasteiger partial charge < -0.3 is 15.2 Å². The van der Waals surface area contributed by atoms with E-state index in [-0.39, 0.29) is 11.9 Å². The fourth-order valence-electron chi connectivity index (χ4n) is 4.71. The summed E-state index contributed by atoms with van der Waals surface area (Å²) >= 11 is 6.65. The molecule has 2 aliphatic rings. The Balaban J connectivity index is 1.32. The molecule has 2 aromatic heterocycles. The van der Waals surface area contributed by atoms with Crippen LogP contribution in [0.2, 0.25) is 5.02 Å². The number of fused-ring (bicyclic) bond motifs is 1. The van der Waals surface area contributed by atoms with Crippen LogP contribution in [0.25, 0.3) is 10.8 Å². The van der Waals surface area contributed by atoms with E-state index in [2.05, 4.69) is 26.4 Å². The Hall–Kier alpha value is -2.52. The van der Waals surface area contributed by atoms with Crippen molar-refractivity contribution in [2.45, 2.75) is 30.9 Å². The minimum Gasteiger partial charge on any atom is -0.389 e. The molecule has 8 nitrogen and oxygen atoms in total. The van der Waals surface area contributed by atoms with Gasteiger partial charge >= 0.3 is 0 Å². The second-order valence-electron chi connectivity index (χ2n) is 8.63. The van der Waals surface area contributed by atoms with E-state index in [1.807, 2.05) is 12.1 Å². The van der Waals surface area contributed by atoms with Crippen LogP contribution in [0.3, 0.4) is 0 Å². The van der Waals surface area contributed by atoms with Gasteiger partial charge in [-0.05, 0) is 61.0 Å². The molecule has 1 aromatic carbocycles. The van der Waals surface area contributed by atoms with E-state index in [4.69, 9.17) is 16.3 Å². The van der Waals surface area contributed by atoms with Crippen molar-refractivity contribution in [2.24, 2.45) is 7.05 Å². The second-order valence-corrected chi connectivity index (χ2v) is 9.04. The van der Waals surface area contributed by atoms with Crippen molar-refractivity contribution >= 4 is 34.1 Å². The number of rotatable bonds is 4. The number of aromatic nitrogens is 3. The smallest absolute Gasteiger partial charge is 0.260 e. The van der Waals surface area contributed by atoms with Crippen LogP contribution in [0.15, 0.2) is 36.8 Å².